The first-order valence-corrected chi connectivity index (χ1v) is 5.59. The minimum atomic E-state index is 0.620. The zero-order chi connectivity index (χ0) is 10.7. The summed E-state index contributed by atoms with van der Waals surface area (Å²) in [5, 5.41) is 8.58. The van der Waals surface area contributed by atoms with Gasteiger partial charge in [-0.05, 0) is 30.0 Å². The van der Waals surface area contributed by atoms with E-state index < -0.39 is 0 Å². The first-order chi connectivity index (χ1) is 7.35. The predicted octanol–water partition coefficient (Wildman–Crippen LogP) is 2.53. The van der Waals surface area contributed by atoms with Crippen LogP contribution in [0.15, 0.2) is 18.2 Å². The lowest BCUT2D eigenvalue weighted by molar-refractivity contribution is 0.831. The topological polar surface area (TPSA) is 27.0 Å². The molecule has 0 spiro atoms. The summed E-state index contributed by atoms with van der Waals surface area (Å²) in [5.41, 5.74) is 4.20. The maximum Gasteiger partial charge on any atom is 0.0640 e. The van der Waals surface area contributed by atoms with E-state index in [1.165, 1.54) is 16.8 Å². The highest BCUT2D eigenvalue weighted by atomic mass is 15.1. The van der Waals surface area contributed by atoms with E-state index in [9.17, 15) is 0 Å². The molecular weight excluding hydrogens is 184 g/mol. The van der Waals surface area contributed by atoms with Crippen molar-refractivity contribution in [2.45, 2.75) is 26.2 Å². The molecule has 0 saturated carbocycles. The fraction of sp³-hybridized carbons (Fsp3) is 0.462. The van der Waals surface area contributed by atoms with Gasteiger partial charge in [-0.1, -0.05) is 19.1 Å². The Bertz CT molecular complexity index is 390. The largest absolute Gasteiger partial charge is 0.370 e. The molecule has 0 amide bonds. The maximum absolute atomic E-state index is 8.58. The van der Waals surface area contributed by atoms with Crippen LogP contribution < -0.4 is 4.90 Å². The van der Waals surface area contributed by atoms with Gasteiger partial charge in [0.25, 0.3) is 0 Å². The molecular formula is C13H16N2. The Hall–Kier alpha value is -1.49. The van der Waals surface area contributed by atoms with Crippen LogP contribution >= 0.6 is 0 Å². The minimum Gasteiger partial charge on any atom is -0.370 e. The van der Waals surface area contributed by atoms with Crippen LogP contribution in [0.4, 0.5) is 5.69 Å². The van der Waals surface area contributed by atoms with Crippen molar-refractivity contribution < 1.29 is 0 Å². The van der Waals surface area contributed by atoms with Gasteiger partial charge in [-0.2, -0.15) is 5.26 Å². The first-order valence-electron chi connectivity index (χ1n) is 5.59. The van der Waals surface area contributed by atoms with Crippen LogP contribution in [0.1, 0.15) is 24.5 Å². The van der Waals surface area contributed by atoms with E-state index >= 15 is 0 Å². The summed E-state index contributed by atoms with van der Waals surface area (Å²) in [4.78, 5) is 2.32. The van der Waals surface area contributed by atoms with E-state index in [1.807, 2.05) is 0 Å². The number of anilines is 1. The molecule has 2 nitrogen and oxygen atoms in total. The van der Waals surface area contributed by atoms with Gasteiger partial charge in [0.1, 0.15) is 0 Å². The number of nitriles is 1. The molecule has 0 unspecified atom stereocenters. The summed E-state index contributed by atoms with van der Waals surface area (Å²) in [6.45, 7) is 4.13. The molecule has 1 aromatic rings. The highest BCUT2D eigenvalue weighted by Gasteiger charge is 2.18. The second-order valence-corrected chi connectivity index (χ2v) is 3.96. The molecule has 78 valence electrons. The molecule has 1 heterocycles. The molecule has 1 aromatic carbocycles. The number of rotatable bonds is 3. The van der Waals surface area contributed by atoms with Crippen molar-refractivity contribution in [2.75, 3.05) is 18.0 Å². The fourth-order valence-electron chi connectivity index (χ4n) is 2.16. The van der Waals surface area contributed by atoms with Gasteiger partial charge in [-0.15, -0.1) is 0 Å². The quantitative estimate of drug-likeness (QED) is 0.749. The van der Waals surface area contributed by atoms with Crippen LogP contribution in [0.2, 0.25) is 0 Å². The Kier molecular flexibility index (Phi) is 2.91. The summed E-state index contributed by atoms with van der Waals surface area (Å²) in [7, 11) is 0. The van der Waals surface area contributed by atoms with Gasteiger partial charge in [0.05, 0.1) is 12.5 Å². The van der Waals surface area contributed by atoms with Gasteiger partial charge in [0.15, 0.2) is 0 Å². The highest BCUT2D eigenvalue weighted by molar-refractivity contribution is 5.59. The Morgan fingerprint density at radius 1 is 1.47 bits per heavy atom. The van der Waals surface area contributed by atoms with E-state index in [1.54, 1.807) is 0 Å². The van der Waals surface area contributed by atoms with Crippen LogP contribution in [0.3, 0.4) is 0 Å². The lowest BCUT2D eigenvalue weighted by Gasteiger charge is -2.17. The third-order valence-corrected chi connectivity index (χ3v) is 3.04. The smallest absolute Gasteiger partial charge is 0.0640 e. The van der Waals surface area contributed by atoms with Gasteiger partial charge in [0, 0.05) is 18.8 Å². The number of hydrogen-bond acceptors (Lipinski definition) is 2. The molecule has 1 aliphatic rings. The van der Waals surface area contributed by atoms with Crippen LogP contribution in [0, 0.1) is 11.3 Å². The molecule has 2 rings (SSSR count). The predicted molar refractivity (Wildman–Crippen MR) is 62.0 cm³/mol. The number of hydrogen-bond donors (Lipinski definition) is 0. The van der Waals surface area contributed by atoms with Gasteiger partial charge in [-0.3, -0.25) is 0 Å². The van der Waals surface area contributed by atoms with Crippen molar-refractivity contribution in [1.29, 1.82) is 5.26 Å². The summed E-state index contributed by atoms with van der Waals surface area (Å²) in [6.07, 6.45) is 2.86. The Morgan fingerprint density at radius 2 is 2.33 bits per heavy atom. The monoisotopic (exact) mass is 200 g/mol. The molecule has 0 aromatic heterocycles. The van der Waals surface area contributed by atoms with Crippen LogP contribution in [-0.2, 0) is 12.8 Å². The van der Waals surface area contributed by atoms with E-state index in [-0.39, 0.29) is 0 Å². The second kappa shape index (κ2) is 4.35. The van der Waals surface area contributed by atoms with Gasteiger partial charge >= 0.3 is 0 Å². The Balaban J connectivity index is 2.17. The normalized spacial score (nSPS) is 13.7. The molecule has 0 fully saturated rings. The minimum absolute atomic E-state index is 0.620. The van der Waals surface area contributed by atoms with Crippen LogP contribution in [-0.4, -0.2) is 13.1 Å². The molecule has 0 bridgehead atoms. The molecule has 15 heavy (non-hydrogen) atoms. The number of aryl methyl sites for hydroxylation is 1. The molecule has 1 aliphatic heterocycles. The van der Waals surface area contributed by atoms with Crippen molar-refractivity contribution in [2.24, 2.45) is 0 Å². The lowest BCUT2D eigenvalue weighted by atomic mass is 10.1. The zero-order valence-electron chi connectivity index (χ0n) is 9.16. The number of fused-ring (bicyclic) bond motifs is 1. The summed E-state index contributed by atoms with van der Waals surface area (Å²) in [6, 6.07) is 8.92. The van der Waals surface area contributed by atoms with E-state index in [2.05, 4.69) is 36.1 Å². The summed E-state index contributed by atoms with van der Waals surface area (Å²) in [5.74, 6) is 0. The Labute approximate surface area is 91.1 Å². The first kappa shape index (κ1) is 10.0. The van der Waals surface area contributed by atoms with E-state index in [0.717, 1.165) is 25.9 Å². The van der Waals surface area contributed by atoms with Crippen LogP contribution in [0.5, 0.6) is 0 Å². The molecule has 0 saturated heterocycles. The maximum atomic E-state index is 8.58. The van der Waals surface area contributed by atoms with Crippen molar-refractivity contribution in [1.82, 2.24) is 0 Å². The van der Waals surface area contributed by atoms with Crippen molar-refractivity contribution in [3.8, 4) is 6.07 Å². The standard InChI is InChI=1S/C13H16N2/c1-2-11-4-5-13-12(10-11)6-9-15(13)8-3-7-14/h4-5,10H,2-3,6,8-9H2,1H3. The van der Waals surface area contributed by atoms with Gasteiger partial charge in [-0.25, -0.2) is 0 Å². The molecule has 0 aliphatic carbocycles. The van der Waals surface area contributed by atoms with Crippen molar-refractivity contribution in [3.05, 3.63) is 29.3 Å². The van der Waals surface area contributed by atoms with Crippen molar-refractivity contribution >= 4 is 5.69 Å². The van der Waals surface area contributed by atoms with Gasteiger partial charge < -0.3 is 4.90 Å². The van der Waals surface area contributed by atoms with Gasteiger partial charge in [0.2, 0.25) is 0 Å². The second-order valence-electron chi connectivity index (χ2n) is 3.96. The SMILES string of the molecule is CCc1ccc2c(c1)CCN2CCC#N. The fourth-order valence-corrected chi connectivity index (χ4v) is 2.16. The molecule has 0 N–H and O–H groups in total. The van der Waals surface area contributed by atoms with Crippen molar-refractivity contribution in [3.63, 3.8) is 0 Å². The zero-order valence-corrected chi connectivity index (χ0v) is 9.16. The molecule has 0 radical (unpaired) electrons. The average molecular weight is 200 g/mol. The number of nitrogens with zero attached hydrogens (tertiary/aromatic N) is 2. The lowest BCUT2D eigenvalue weighted by Crippen LogP contribution is -2.21. The Morgan fingerprint density at radius 3 is 3.07 bits per heavy atom. The average Bonchev–Trinajstić information content (AvgIpc) is 2.68. The van der Waals surface area contributed by atoms with Crippen LogP contribution in [0.25, 0.3) is 0 Å². The highest BCUT2D eigenvalue weighted by Crippen LogP contribution is 2.28. The third-order valence-electron chi connectivity index (χ3n) is 3.04. The number of benzene rings is 1. The van der Waals surface area contributed by atoms with E-state index in [4.69, 9.17) is 5.26 Å². The molecule has 2 heteroatoms. The molecule has 0 atom stereocenters. The third kappa shape index (κ3) is 1.97. The van der Waals surface area contributed by atoms with E-state index in [0.29, 0.717) is 6.42 Å². The summed E-state index contributed by atoms with van der Waals surface area (Å²) < 4.78 is 0. The summed E-state index contributed by atoms with van der Waals surface area (Å²) >= 11 is 0.